The van der Waals surface area contributed by atoms with Gasteiger partial charge in [0.1, 0.15) is 5.75 Å². The Kier molecular flexibility index (Phi) is 2.86. The van der Waals surface area contributed by atoms with E-state index in [2.05, 4.69) is 18.2 Å². The number of Topliss-reactive ketones (excluding diaryl/α,β-unsaturated/α-hetero) is 1. The van der Waals surface area contributed by atoms with E-state index in [0.717, 1.165) is 28.7 Å². The first-order valence-electron chi connectivity index (χ1n) is 6.52. The smallest absolute Gasteiger partial charge is 0.170 e. The Labute approximate surface area is 113 Å². The average Bonchev–Trinajstić information content (AvgIpc) is 2.75. The molecule has 2 aromatic carbocycles. The van der Waals surface area contributed by atoms with Crippen molar-refractivity contribution in [3.63, 3.8) is 0 Å². The van der Waals surface area contributed by atoms with Crippen LogP contribution in [0.4, 0.5) is 0 Å². The molecular formula is C17H16O2. The van der Waals surface area contributed by atoms with E-state index >= 15 is 0 Å². The summed E-state index contributed by atoms with van der Waals surface area (Å²) in [6.45, 7) is 1.98. The van der Waals surface area contributed by atoms with Gasteiger partial charge in [-0.3, -0.25) is 4.79 Å². The summed E-state index contributed by atoms with van der Waals surface area (Å²) in [6.07, 6.45) is 0.801. The number of ketones is 1. The molecule has 0 bridgehead atoms. The molecule has 0 heterocycles. The fourth-order valence-electron chi connectivity index (χ4n) is 2.81. The van der Waals surface area contributed by atoms with Crippen molar-refractivity contribution in [2.45, 2.75) is 13.3 Å². The fraction of sp³-hybridized carbons (Fsp3) is 0.235. The van der Waals surface area contributed by atoms with Crippen LogP contribution in [0.3, 0.4) is 0 Å². The molecule has 1 atom stereocenters. The number of carbonyl (C=O) groups excluding carboxylic acids is 1. The van der Waals surface area contributed by atoms with Crippen LogP contribution < -0.4 is 4.74 Å². The van der Waals surface area contributed by atoms with Gasteiger partial charge >= 0.3 is 0 Å². The van der Waals surface area contributed by atoms with Crippen LogP contribution in [0.2, 0.25) is 0 Å². The molecule has 0 aliphatic heterocycles. The molecule has 0 aromatic heterocycles. The molecule has 1 aliphatic rings. The topological polar surface area (TPSA) is 26.3 Å². The fourth-order valence-corrected chi connectivity index (χ4v) is 2.81. The number of hydrogen-bond acceptors (Lipinski definition) is 2. The van der Waals surface area contributed by atoms with Crippen LogP contribution >= 0.6 is 0 Å². The number of carbonyl (C=O) groups is 1. The van der Waals surface area contributed by atoms with Crippen molar-refractivity contribution in [2.75, 3.05) is 7.11 Å². The molecule has 0 radical (unpaired) electrons. The summed E-state index contributed by atoms with van der Waals surface area (Å²) in [5, 5.41) is 0. The van der Waals surface area contributed by atoms with Crippen LogP contribution in [-0.2, 0) is 6.42 Å². The van der Waals surface area contributed by atoms with E-state index in [-0.39, 0.29) is 11.7 Å². The summed E-state index contributed by atoms with van der Waals surface area (Å²) in [5.74, 6) is 0.947. The van der Waals surface area contributed by atoms with Crippen molar-refractivity contribution in [1.82, 2.24) is 0 Å². The zero-order valence-electron chi connectivity index (χ0n) is 11.1. The molecule has 1 unspecified atom stereocenters. The van der Waals surface area contributed by atoms with Gasteiger partial charge in [-0.25, -0.2) is 0 Å². The molecule has 0 fully saturated rings. The van der Waals surface area contributed by atoms with Gasteiger partial charge in [0.25, 0.3) is 0 Å². The Balaban J connectivity index is 2.23. The molecule has 0 amide bonds. The number of fused-ring (bicyclic) bond motifs is 1. The molecule has 2 aromatic rings. The molecule has 3 rings (SSSR count). The Morgan fingerprint density at radius 2 is 1.84 bits per heavy atom. The number of hydrogen-bond donors (Lipinski definition) is 0. The van der Waals surface area contributed by atoms with Gasteiger partial charge in [-0.2, -0.15) is 0 Å². The molecule has 2 heteroatoms. The maximum absolute atomic E-state index is 12.3. The molecule has 0 N–H and O–H groups in total. The summed E-state index contributed by atoms with van der Waals surface area (Å²) in [6, 6.07) is 14.2. The second-order valence-corrected chi connectivity index (χ2v) is 5.00. The monoisotopic (exact) mass is 252 g/mol. The van der Waals surface area contributed by atoms with E-state index in [4.69, 9.17) is 4.74 Å². The third kappa shape index (κ3) is 1.84. The lowest BCUT2D eigenvalue weighted by Gasteiger charge is -2.11. The van der Waals surface area contributed by atoms with Gasteiger partial charge in [-0.05, 0) is 29.2 Å². The Hall–Kier alpha value is -2.09. The third-order valence-electron chi connectivity index (χ3n) is 3.78. The first kappa shape index (κ1) is 12.0. The van der Waals surface area contributed by atoms with Crippen LogP contribution in [0.15, 0.2) is 42.5 Å². The normalized spacial score (nSPS) is 17.4. The first-order valence-corrected chi connectivity index (χ1v) is 6.52. The van der Waals surface area contributed by atoms with Crippen LogP contribution in [0.25, 0.3) is 11.1 Å². The minimum Gasteiger partial charge on any atom is -0.496 e. The van der Waals surface area contributed by atoms with E-state index < -0.39 is 0 Å². The molecule has 0 saturated carbocycles. The van der Waals surface area contributed by atoms with Crippen molar-refractivity contribution < 1.29 is 9.53 Å². The van der Waals surface area contributed by atoms with Crippen molar-refractivity contribution in [3.8, 4) is 16.9 Å². The molecule has 1 aliphatic carbocycles. The van der Waals surface area contributed by atoms with E-state index in [9.17, 15) is 4.79 Å². The van der Waals surface area contributed by atoms with E-state index in [1.165, 1.54) is 0 Å². The zero-order valence-corrected chi connectivity index (χ0v) is 11.1. The second-order valence-electron chi connectivity index (χ2n) is 5.00. The lowest BCUT2D eigenvalue weighted by molar-refractivity contribution is 0.0944. The first-order chi connectivity index (χ1) is 9.22. The van der Waals surface area contributed by atoms with Gasteiger partial charge in [0, 0.05) is 5.92 Å². The maximum atomic E-state index is 12.3. The highest BCUT2D eigenvalue weighted by atomic mass is 16.5. The second kappa shape index (κ2) is 4.54. The van der Waals surface area contributed by atoms with Crippen molar-refractivity contribution >= 4 is 5.78 Å². The minimum absolute atomic E-state index is 0.0498. The van der Waals surface area contributed by atoms with Gasteiger partial charge in [-0.15, -0.1) is 0 Å². The average molecular weight is 252 g/mol. The van der Waals surface area contributed by atoms with Gasteiger partial charge < -0.3 is 4.74 Å². The number of methoxy groups -OCH3 is 1. The van der Waals surface area contributed by atoms with Crippen LogP contribution in [-0.4, -0.2) is 12.9 Å². The van der Waals surface area contributed by atoms with Gasteiger partial charge in [0.15, 0.2) is 5.78 Å². The largest absolute Gasteiger partial charge is 0.496 e. The van der Waals surface area contributed by atoms with Crippen LogP contribution in [0.5, 0.6) is 5.75 Å². The predicted octanol–water partition coefficient (Wildman–Crippen LogP) is 3.74. The SMILES string of the molecule is COc1ccc(-c2ccccc2)c2c1C(=O)C(C)C2. The van der Waals surface area contributed by atoms with Gasteiger partial charge in [0.2, 0.25) is 0 Å². The predicted molar refractivity (Wildman–Crippen MR) is 75.6 cm³/mol. The number of benzene rings is 2. The molecule has 0 saturated heterocycles. The van der Waals surface area contributed by atoms with Crippen molar-refractivity contribution in [1.29, 1.82) is 0 Å². The summed E-state index contributed by atoms with van der Waals surface area (Å²) in [5.41, 5.74) is 4.21. The van der Waals surface area contributed by atoms with Gasteiger partial charge in [-0.1, -0.05) is 43.3 Å². The Morgan fingerprint density at radius 3 is 2.53 bits per heavy atom. The lowest BCUT2D eigenvalue weighted by Crippen LogP contribution is -2.04. The minimum atomic E-state index is 0.0498. The molecule has 19 heavy (non-hydrogen) atoms. The molecule has 96 valence electrons. The van der Waals surface area contributed by atoms with E-state index in [1.807, 2.05) is 31.2 Å². The Bertz CT molecular complexity index is 629. The summed E-state index contributed by atoms with van der Waals surface area (Å²) in [4.78, 5) is 12.3. The highest BCUT2D eigenvalue weighted by Crippen LogP contribution is 2.39. The third-order valence-corrected chi connectivity index (χ3v) is 3.78. The standard InChI is InChI=1S/C17H16O2/c1-11-10-14-13(12-6-4-3-5-7-12)8-9-15(19-2)16(14)17(11)18/h3-9,11H,10H2,1-2H3. The van der Waals surface area contributed by atoms with Crippen molar-refractivity contribution in [3.05, 3.63) is 53.6 Å². The van der Waals surface area contributed by atoms with Crippen LogP contribution in [0, 0.1) is 5.92 Å². The van der Waals surface area contributed by atoms with Gasteiger partial charge in [0.05, 0.1) is 12.7 Å². The zero-order chi connectivity index (χ0) is 13.4. The number of rotatable bonds is 2. The summed E-state index contributed by atoms with van der Waals surface area (Å²) >= 11 is 0. The highest BCUT2D eigenvalue weighted by Gasteiger charge is 2.32. The highest BCUT2D eigenvalue weighted by molar-refractivity contribution is 6.06. The molecule has 0 spiro atoms. The van der Waals surface area contributed by atoms with Crippen molar-refractivity contribution in [2.24, 2.45) is 5.92 Å². The Morgan fingerprint density at radius 1 is 1.11 bits per heavy atom. The summed E-state index contributed by atoms with van der Waals surface area (Å²) < 4.78 is 5.35. The molecule has 2 nitrogen and oxygen atoms in total. The van der Waals surface area contributed by atoms with E-state index in [1.54, 1.807) is 7.11 Å². The summed E-state index contributed by atoms with van der Waals surface area (Å²) in [7, 11) is 1.62. The maximum Gasteiger partial charge on any atom is 0.170 e. The lowest BCUT2D eigenvalue weighted by atomic mass is 9.96. The quantitative estimate of drug-likeness (QED) is 0.814. The molecular weight excluding hydrogens is 236 g/mol. The van der Waals surface area contributed by atoms with E-state index in [0.29, 0.717) is 5.75 Å². The van der Waals surface area contributed by atoms with Crippen LogP contribution in [0.1, 0.15) is 22.8 Å². The number of ether oxygens (including phenoxy) is 1.